The molecule has 4 nitrogen and oxygen atoms in total. The van der Waals surface area contributed by atoms with Gasteiger partial charge in [0.05, 0.1) is 10.0 Å². The van der Waals surface area contributed by atoms with Crippen LogP contribution in [0.2, 0.25) is 10.0 Å². The van der Waals surface area contributed by atoms with Crippen molar-refractivity contribution in [3.8, 4) is 5.75 Å². The van der Waals surface area contributed by atoms with Gasteiger partial charge in [-0.05, 0) is 61.2 Å². The van der Waals surface area contributed by atoms with Gasteiger partial charge in [-0.3, -0.25) is 0 Å². The van der Waals surface area contributed by atoms with Gasteiger partial charge in [0.2, 0.25) is 0 Å². The number of halogens is 2. The molecule has 0 aliphatic rings. The summed E-state index contributed by atoms with van der Waals surface area (Å²) in [5.41, 5.74) is 4.57. The molecule has 30 heavy (non-hydrogen) atoms. The van der Waals surface area contributed by atoms with Crippen LogP contribution in [-0.2, 0) is 6.61 Å². The first-order chi connectivity index (χ1) is 14.2. The second-order valence-electron chi connectivity index (χ2n) is 7.76. The van der Waals surface area contributed by atoms with Crippen molar-refractivity contribution in [2.75, 3.05) is 0 Å². The smallest absolute Gasteiger partial charge is 0.336 e. The van der Waals surface area contributed by atoms with Gasteiger partial charge < -0.3 is 9.15 Å². The molecule has 0 saturated heterocycles. The van der Waals surface area contributed by atoms with Crippen molar-refractivity contribution in [1.29, 1.82) is 0 Å². The maximum absolute atomic E-state index is 12.1. The second-order valence-corrected chi connectivity index (χ2v) is 8.57. The van der Waals surface area contributed by atoms with Gasteiger partial charge in [-0.2, -0.15) is 0 Å². The van der Waals surface area contributed by atoms with Crippen LogP contribution in [0.15, 0.2) is 45.6 Å². The Hall–Kier alpha value is -2.56. The molecule has 0 N–H and O–H groups in total. The normalized spacial score (nSPS) is 11.6. The third-order valence-electron chi connectivity index (χ3n) is 5.19. The maximum atomic E-state index is 12.1. The Labute approximate surface area is 184 Å². The summed E-state index contributed by atoms with van der Waals surface area (Å²) in [6.07, 6.45) is 0. The van der Waals surface area contributed by atoms with E-state index in [4.69, 9.17) is 32.4 Å². The third-order valence-corrected chi connectivity index (χ3v) is 5.78. The van der Waals surface area contributed by atoms with Gasteiger partial charge >= 0.3 is 5.63 Å². The van der Waals surface area contributed by atoms with Crippen molar-refractivity contribution in [2.24, 2.45) is 0 Å². The topological polar surface area (TPSA) is 52.3 Å². The summed E-state index contributed by atoms with van der Waals surface area (Å²) in [4.78, 5) is 16.7. The summed E-state index contributed by atoms with van der Waals surface area (Å²) < 4.78 is 11.5. The van der Waals surface area contributed by atoms with Crippen molar-refractivity contribution in [3.05, 3.63) is 79.2 Å². The summed E-state index contributed by atoms with van der Waals surface area (Å²) in [6.45, 7) is 8.33. The van der Waals surface area contributed by atoms with Crippen molar-refractivity contribution >= 4 is 45.1 Å². The molecule has 0 saturated carbocycles. The minimum atomic E-state index is -0.418. The second kappa shape index (κ2) is 7.93. The number of rotatable bonds is 4. The van der Waals surface area contributed by atoms with Crippen molar-refractivity contribution in [1.82, 2.24) is 4.98 Å². The lowest BCUT2D eigenvalue weighted by atomic mass is 9.95. The van der Waals surface area contributed by atoms with Crippen LogP contribution in [0.25, 0.3) is 21.9 Å². The van der Waals surface area contributed by atoms with Gasteiger partial charge in [-0.25, -0.2) is 9.78 Å². The first-order valence-corrected chi connectivity index (χ1v) is 10.5. The average molecular weight is 442 g/mol. The Morgan fingerprint density at radius 2 is 1.80 bits per heavy atom. The van der Waals surface area contributed by atoms with E-state index in [9.17, 15) is 4.79 Å². The van der Waals surface area contributed by atoms with Crippen LogP contribution in [0.3, 0.4) is 0 Å². The Bertz CT molecular complexity index is 1340. The number of pyridine rings is 1. The molecule has 154 valence electrons. The fourth-order valence-corrected chi connectivity index (χ4v) is 4.28. The first kappa shape index (κ1) is 20.7. The number of hydrogen-bond donors (Lipinski definition) is 0. The standard InChI is InChI=1S/C24H21Cl2NO3/c1-12(2)17-9-18-15(8-22(28)30-21(18)7-13(17)3)11-29-24-20(26)10-19(25)16-6-5-14(4)27-23(16)24/h5-10,12H,11H2,1-4H3. The zero-order chi connectivity index (χ0) is 21.6. The van der Waals surface area contributed by atoms with Crippen LogP contribution in [0.1, 0.15) is 42.1 Å². The van der Waals surface area contributed by atoms with Gasteiger partial charge in [0.25, 0.3) is 0 Å². The highest BCUT2D eigenvalue weighted by molar-refractivity contribution is 6.39. The van der Waals surface area contributed by atoms with Gasteiger partial charge in [0.1, 0.15) is 17.7 Å². The lowest BCUT2D eigenvalue weighted by Gasteiger charge is -2.15. The number of fused-ring (bicyclic) bond motifs is 2. The van der Waals surface area contributed by atoms with Gasteiger partial charge in [-0.1, -0.05) is 37.0 Å². The number of hydrogen-bond acceptors (Lipinski definition) is 4. The van der Waals surface area contributed by atoms with E-state index in [1.54, 1.807) is 6.07 Å². The molecule has 0 aliphatic heterocycles. The lowest BCUT2D eigenvalue weighted by Crippen LogP contribution is -2.06. The van der Waals surface area contributed by atoms with Crippen LogP contribution < -0.4 is 10.4 Å². The van der Waals surface area contributed by atoms with Crippen LogP contribution in [-0.4, -0.2) is 4.98 Å². The molecule has 0 amide bonds. The summed E-state index contributed by atoms with van der Waals surface area (Å²) in [7, 11) is 0. The van der Waals surface area contributed by atoms with E-state index < -0.39 is 5.63 Å². The molecule has 0 radical (unpaired) electrons. The van der Waals surface area contributed by atoms with E-state index >= 15 is 0 Å². The molecule has 6 heteroatoms. The molecule has 0 aliphatic carbocycles. The van der Waals surface area contributed by atoms with E-state index in [1.165, 1.54) is 11.6 Å². The molecule has 2 aromatic carbocycles. The van der Waals surface area contributed by atoms with Crippen molar-refractivity contribution in [3.63, 3.8) is 0 Å². The van der Waals surface area contributed by atoms with E-state index in [2.05, 4.69) is 24.9 Å². The molecular weight excluding hydrogens is 421 g/mol. The predicted octanol–water partition coefficient (Wildman–Crippen LogP) is 6.97. The molecule has 4 aromatic rings. The van der Waals surface area contributed by atoms with E-state index in [-0.39, 0.29) is 6.61 Å². The molecule has 0 fully saturated rings. The number of nitrogens with zero attached hydrogens (tertiary/aromatic N) is 1. The molecular formula is C24H21Cl2NO3. The predicted molar refractivity (Wildman–Crippen MR) is 122 cm³/mol. The van der Waals surface area contributed by atoms with Crippen molar-refractivity contribution < 1.29 is 9.15 Å². The highest BCUT2D eigenvalue weighted by Gasteiger charge is 2.16. The average Bonchev–Trinajstić information content (AvgIpc) is 2.66. The van der Waals surface area contributed by atoms with Gasteiger partial charge in [0.15, 0.2) is 5.75 Å². The lowest BCUT2D eigenvalue weighted by molar-refractivity contribution is 0.310. The van der Waals surface area contributed by atoms with Gasteiger partial charge in [0, 0.05) is 28.1 Å². The Balaban J connectivity index is 1.82. The first-order valence-electron chi connectivity index (χ1n) is 9.70. The highest BCUT2D eigenvalue weighted by atomic mass is 35.5. The highest BCUT2D eigenvalue weighted by Crippen LogP contribution is 2.38. The monoisotopic (exact) mass is 441 g/mol. The SMILES string of the molecule is Cc1ccc2c(Cl)cc(Cl)c(OCc3cc(=O)oc4cc(C)c(C(C)C)cc34)c2n1. The number of aromatic nitrogens is 1. The van der Waals surface area contributed by atoms with Crippen LogP contribution >= 0.6 is 23.2 Å². The Morgan fingerprint density at radius 3 is 2.53 bits per heavy atom. The number of aryl methyl sites for hydroxylation is 2. The Kier molecular flexibility index (Phi) is 5.48. The molecule has 4 rings (SSSR count). The molecule has 0 bridgehead atoms. The van der Waals surface area contributed by atoms with Crippen molar-refractivity contribution in [2.45, 2.75) is 40.2 Å². The summed E-state index contributed by atoms with van der Waals surface area (Å²) in [5, 5.41) is 2.49. The quantitative estimate of drug-likeness (QED) is 0.321. The molecule has 0 atom stereocenters. The zero-order valence-corrected chi connectivity index (χ0v) is 18.7. The summed E-state index contributed by atoms with van der Waals surface area (Å²) >= 11 is 12.8. The minimum absolute atomic E-state index is 0.148. The van der Waals surface area contributed by atoms with E-state index in [1.807, 2.05) is 32.0 Å². The molecule has 0 unspecified atom stereocenters. The fraction of sp³-hybridized carbons (Fsp3) is 0.250. The number of benzene rings is 2. The maximum Gasteiger partial charge on any atom is 0.336 e. The zero-order valence-electron chi connectivity index (χ0n) is 17.2. The fourth-order valence-electron chi connectivity index (χ4n) is 3.71. The summed E-state index contributed by atoms with van der Waals surface area (Å²) in [5.74, 6) is 0.786. The third kappa shape index (κ3) is 3.78. The van der Waals surface area contributed by atoms with E-state index in [0.29, 0.717) is 32.8 Å². The van der Waals surface area contributed by atoms with E-state index in [0.717, 1.165) is 27.6 Å². The molecule has 2 aromatic heterocycles. The van der Waals surface area contributed by atoms with Gasteiger partial charge in [-0.15, -0.1) is 0 Å². The summed E-state index contributed by atoms with van der Waals surface area (Å²) in [6, 6.07) is 10.9. The number of ether oxygens (including phenoxy) is 1. The van der Waals surface area contributed by atoms with Crippen LogP contribution in [0, 0.1) is 13.8 Å². The minimum Gasteiger partial charge on any atom is -0.485 e. The molecule has 2 heterocycles. The molecule has 0 spiro atoms. The van der Waals surface area contributed by atoms with Crippen LogP contribution in [0.4, 0.5) is 0 Å². The Morgan fingerprint density at radius 1 is 1.03 bits per heavy atom. The largest absolute Gasteiger partial charge is 0.485 e. The van der Waals surface area contributed by atoms with Crippen LogP contribution in [0.5, 0.6) is 5.75 Å².